The number of benzene rings is 1. The first-order valence-electron chi connectivity index (χ1n) is 5.75. The number of halogens is 2. The van der Waals surface area contributed by atoms with Crippen molar-refractivity contribution in [2.45, 2.75) is 38.9 Å². The van der Waals surface area contributed by atoms with Crippen molar-refractivity contribution in [3.8, 4) is 0 Å². The summed E-state index contributed by atoms with van der Waals surface area (Å²) in [4.78, 5) is 0. The van der Waals surface area contributed by atoms with Gasteiger partial charge in [-0.2, -0.15) is 0 Å². The Hall–Kier alpha value is -0.0351. The van der Waals surface area contributed by atoms with Gasteiger partial charge in [-0.05, 0) is 55.8 Å². The van der Waals surface area contributed by atoms with Crippen LogP contribution < -0.4 is 11.2 Å². The van der Waals surface area contributed by atoms with Gasteiger partial charge in [-0.1, -0.05) is 15.9 Å². The molecule has 0 bridgehead atoms. The minimum Gasteiger partial charge on any atom is -0.399 e. The summed E-state index contributed by atoms with van der Waals surface area (Å²) in [6.07, 6.45) is 0. The van der Waals surface area contributed by atoms with Crippen LogP contribution in [0.3, 0.4) is 0 Å². The lowest BCUT2D eigenvalue weighted by atomic mass is 9.79. The number of rotatable bonds is 1. The van der Waals surface area contributed by atoms with Crippen molar-refractivity contribution < 1.29 is 9.31 Å². The zero-order chi connectivity index (χ0) is 13.7. The lowest BCUT2D eigenvalue weighted by Gasteiger charge is -2.32. The molecule has 0 radical (unpaired) electrons. The highest BCUT2D eigenvalue weighted by Gasteiger charge is 2.52. The Balaban J connectivity index is 2.44. The number of hydrogen-bond donors (Lipinski definition) is 1. The topological polar surface area (TPSA) is 44.5 Å². The minimum atomic E-state index is -0.428. The summed E-state index contributed by atoms with van der Waals surface area (Å²) in [7, 11) is -0.428. The van der Waals surface area contributed by atoms with E-state index in [9.17, 15) is 0 Å². The lowest BCUT2D eigenvalue weighted by Crippen LogP contribution is -2.41. The van der Waals surface area contributed by atoms with Gasteiger partial charge in [0.1, 0.15) is 0 Å². The summed E-state index contributed by atoms with van der Waals surface area (Å²) in [5, 5.41) is 0. The van der Waals surface area contributed by atoms with Crippen molar-refractivity contribution in [3.63, 3.8) is 0 Å². The van der Waals surface area contributed by atoms with Crippen molar-refractivity contribution in [1.29, 1.82) is 0 Å². The average Bonchev–Trinajstić information content (AvgIpc) is 2.43. The number of nitrogens with two attached hydrogens (primary N) is 1. The summed E-state index contributed by atoms with van der Waals surface area (Å²) in [6, 6.07) is 3.74. The Morgan fingerprint density at radius 3 is 2.06 bits per heavy atom. The summed E-state index contributed by atoms with van der Waals surface area (Å²) >= 11 is 7.02. The van der Waals surface area contributed by atoms with Crippen molar-refractivity contribution in [3.05, 3.63) is 21.1 Å². The molecule has 1 aromatic rings. The molecule has 2 N–H and O–H groups in total. The number of anilines is 1. The molecule has 1 saturated heterocycles. The zero-order valence-corrected chi connectivity index (χ0v) is 14.1. The third kappa shape index (κ3) is 2.24. The molecule has 3 nitrogen and oxygen atoms in total. The molecule has 1 fully saturated rings. The van der Waals surface area contributed by atoms with Gasteiger partial charge >= 0.3 is 7.12 Å². The Kier molecular flexibility index (Phi) is 3.60. The Labute approximate surface area is 125 Å². The van der Waals surface area contributed by atoms with E-state index in [0.717, 1.165) is 14.4 Å². The van der Waals surface area contributed by atoms with Crippen LogP contribution in [-0.4, -0.2) is 18.3 Å². The summed E-state index contributed by atoms with van der Waals surface area (Å²) in [5.74, 6) is 0. The Morgan fingerprint density at radius 1 is 1.06 bits per heavy atom. The quantitative estimate of drug-likeness (QED) is 0.605. The molecule has 98 valence electrons. The predicted molar refractivity (Wildman–Crippen MR) is 82.0 cm³/mol. The Bertz CT molecular complexity index is 475. The van der Waals surface area contributed by atoms with Gasteiger partial charge in [0.2, 0.25) is 0 Å². The highest BCUT2D eigenvalue weighted by atomic mass is 79.9. The molecule has 18 heavy (non-hydrogen) atoms. The minimum absolute atomic E-state index is 0.360. The maximum atomic E-state index is 6.03. The first kappa shape index (κ1) is 14.4. The van der Waals surface area contributed by atoms with E-state index in [0.29, 0.717) is 5.69 Å². The van der Waals surface area contributed by atoms with Gasteiger partial charge in [-0.15, -0.1) is 0 Å². The molecule has 0 unspecified atom stereocenters. The maximum absolute atomic E-state index is 6.03. The molecule has 0 amide bonds. The average molecular weight is 377 g/mol. The fourth-order valence-electron chi connectivity index (χ4n) is 1.76. The van der Waals surface area contributed by atoms with Crippen LogP contribution in [0.25, 0.3) is 0 Å². The predicted octanol–water partition coefficient (Wildman–Crippen LogP) is 3.09. The monoisotopic (exact) mass is 375 g/mol. The van der Waals surface area contributed by atoms with Gasteiger partial charge in [-0.3, -0.25) is 0 Å². The van der Waals surface area contributed by atoms with E-state index < -0.39 is 7.12 Å². The van der Waals surface area contributed by atoms with E-state index in [1.165, 1.54) is 0 Å². The molecule has 6 heteroatoms. The van der Waals surface area contributed by atoms with E-state index in [-0.39, 0.29) is 11.2 Å². The SMILES string of the molecule is CC1(C)OB(c2c(Br)ccc(N)c2Br)OC1(C)C. The highest BCUT2D eigenvalue weighted by molar-refractivity contribution is 9.11. The van der Waals surface area contributed by atoms with Crippen molar-refractivity contribution in [1.82, 2.24) is 0 Å². The molecule has 1 aromatic carbocycles. The third-order valence-electron chi connectivity index (χ3n) is 3.65. The molecule has 0 saturated carbocycles. The van der Waals surface area contributed by atoms with Crippen LogP contribution >= 0.6 is 31.9 Å². The summed E-state index contributed by atoms with van der Waals surface area (Å²) < 4.78 is 13.8. The molecule has 0 atom stereocenters. The fraction of sp³-hybridized carbons (Fsp3) is 0.500. The standard InChI is InChI=1S/C12H16BBr2NO2/c1-11(2)12(3,4)18-13(17-11)9-7(14)5-6-8(16)10(9)15/h5-6H,16H2,1-4H3. The molecule has 1 aliphatic heterocycles. The fourth-order valence-corrected chi connectivity index (χ4v) is 3.08. The molecule has 1 aliphatic rings. The molecule has 1 heterocycles. The normalized spacial score (nSPS) is 21.3. The largest absolute Gasteiger partial charge is 0.497 e. The van der Waals surface area contributed by atoms with Crippen molar-refractivity contribution in [2.24, 2.45) is 0 Å². The molecule has 0 aromatic heterocycles. The smallest absolute Gasteiger partial charge is 0.399 e. The Morgan fingerprint density at radius 2 is 1.56 bits per heavy atom. The molecular formula is C12H16BBr2NO2. The number of nitrogen functional groups attached to an aromatic ring is 1. The van der Waals surface area contributed by atoms with Crippen molar-refractivity contribution >= 4 is 50.1 Å². The molecule has 2 rings (SSSR count). The van der Waals surface area contributed by atoms with Gasteiger partial charge in [-0.25, -0.2) is 0 Å². The van der Waals surface area contributed by atoms with Crippen LogP contribution in [-0.2, 0) is 9.31 Å². The lowest BCUT2D eigenvalue weighted by molar-refractivity contribution is 0.00578. The van der Waals surface area contributed by atoms with Crippen LogP contribution in [0.1, 0.15) is 27.7 Å². The highest BCUT2D eigenvalue weighted by Crippen LogP contribution is 2.38. The van der Waals surface area contributed by atoms with Crippen LogP contribution in [0.5, 0.6) is 0 Å². The number of hydrogen-bond acceptors (Lipinski definition) is 3. The second kappa shape index (κ2) is 4.51. The van der Waals surface area contributed by atoms with E-state index in [1.807, 2.05) is 39.8 Å². The maximum Gasteiger partial charge on any atom is 0.497 e. The van der Waals surface area contributed by atoms with Crippen molar-refractivity contribution in [2.75, 3.05) is 5.73 Å². The van der Waals surface area contributed by atoms with Gasteiger partial charge in [0.05, 0.1) is 11.2 Å². The van der Waals surface area contributed by atoms with Crippen LogP contribution in [0.2, 0.25) is 0 Å². The van der Waals surface area contributed by atoms with Crippen LogP contribution in [0.15, 0.2) is 21.1 Å². The van der Waals surface area contributed by atoms with Gasteiger partial charge in [0.25, 0.3) is 0 Å². The second-order valence-corrected chi connectivity index (χ2v) is 7.10. The van der Waals surface area contributed by atoms with Gasteiger partial charge < -0.3 is 15.0 Å². The van der Waals surface area contributed by atoms with Crippen LogP contribution in [0, 0.1) is 0 Å². The molecule has 0 spiro atoms. The van der Waals surface area contributed by atoms with Gasteiger partial charge in [0, 0.05) is 20.1 Å². The first-order valence-corrected chi connectivity index (χ1v) is 7.33. The zero-order valence-electron chi connectivity index (χ0n) is 10.9. The second-order valence-electron chi connectivity index (χ2n) is 5.45. The van der Waals surface area contributed by atoms with Gasteiger partial charge in [0.15, 0.2) is 0 Å². The third-order valence-corrected chi connectivity index (χ3v) is 5.22. The summed E-state index contributed by atoms with van der Waals surface area (Å²) in [6.45, 7) is 8.12. The van der Waals surface area contributed by atoms with Crippen LogP contribution in [0.4, 0.5) is 5.69 Å². The van der Waals surface area contributed by atoms with E-state index in [1.54, 1.807) is 0 Å². The van der Waals surface area contributed by atoms with E-state index in [2.05, 4.69) is 31.9 Å². The van der Waals surface area contributed by atoms with E-state index in [4.69, 9.17) is 15.0 Å². The summed E-state index contributed by atoms with van der Waals surface area (Å²) in [5.41, 5.74) is 6.76. The molecule has 0 aliphatic carbocycles. The first-order chi connectivity index (χ1) is 8.16. The molecular weight excluding hydrogens is 361 g/mol. The van der Waals surface area contributed by atoms with E-state index >= 15 is 0 Å².